The fourth-order valence-corrected chi connectivity index (χ4v) is 4.33. The molecule has 1 aliphatic heterocycles. The van der Waals surface area contributed by atoms with Gasteiger partial charge in [-0.2, -0.15) is 0 Å². The highest BCUT2D eigenvalue weighted by atomic mass is 32.2. The molecule has 1 amide bonds. The van der Waals surface area contributed by atoms with Crippen LogP contribution in [0.25, 0.3) is 0 Å². The number of methoxy groups -OCH3 is 1. The van der Waals surface area contributed by atoms with E-state index in [2.05, 4.69) is 10.3 Å². The van der Waals surface area contributed by atoms with Crippen molar-refractivity contribution >= 4 is 28.7 Å². The number of aliphatic hydroxyl groups is 1. The van der Waals surface area contributed by atoms with Crippen LogP contribution in [0, 0.1) is 5.41 Å². The molecule has 1 aliphatic carbocycles. The second-order valence-electron chi connectivity index (χ2n) is 6.95. The number of ether oxygens (including phenoxy) is 1. The fraction of sp³-hybridized carbons (Fsp3) is 0.500. The first-order chi connectivity index (χ1) is 11.8. The highest BCUT2D eigenvalue weighted by Crippen LogP contribution is 2.50. The van der Waals surface area contributed by atoms with Crippen LogP contribution in [0.2, 0.25) is 0 Å². The Morgan fingerprint density at radius 3 is 2.56 bits per heavy atom. The van der Waals surface area contributed by atoms with E-state index in [0.29, 0.717) is 5.75 Å². The molecule has 0 bridgehead atoms. The molecule has 7 heteroatoms. The molecule has 3 atom stereocenters. The predicted molar refractivity (Wildman–Crippen MR) is 96.5 cm³/mol. The Kier molecular flexibility index (Phi) is 4.64. The topological polar surface area (TPSA) is 88.0 Å². The number of carbonyl (C=O) groups is 2. The average molecular weight is 362 g/mol. The maximum Gasteiger partial charge on any atom is 0.332 e. The molecule has 1 heterocycles. The lowest BCUT2D eigenvalue weighted by Gasteiger charge is -2.57. The van der Waals surface area contributed by atoms with Gasteiger partial charge in [0.2, 0.25) is 5.91 Å². The molecule has 1 fully saturated rings. The summed E-state index contributed by atoms with van der Waals surface area (Å²) < 4.78 is 4.89. The van der Waals surface area contributed by atoms with Crippen molar-refractivity contribution in [2.75, 3.05) is 12.9 Å². The Balaban J connectivity index is 1.78. The fourth-order valence-electron chi connectivity index (χ4n) is 3.29. The molecule has 0 saturated heterocycles. The van der Waals surface area contributed by atoms with Crippen LogP contribution >= 0.6 is 11.8 Å². The van der Waals surface area contributed by atoms with E-state index in [-0.39, 0.29) is 12.3 Å². The van der Waals surface area contributed by atoms with Gasteiger partial charge in [-0.15, -0.1) is 11.8 Å². The van der Waals surface area contributed by atoms with Gasteiger partial charge >= 0.3 is 5.97 Å². The number of hydrogen-bond acceptors (Lipinski definition) is 6. The second kappa shape index (κ2) is 6.46. The number of rotatable bonds is 4. The van der Waals surface area contributed by atoms with Gasteiger partial charge in [-0.25, -0.2) is 4.79 Å². The van der Waals surface area contributed by atoms with Crippen LogP contribution in [-0.4, -0.2) is 52.6 Å². The van der Waals surface area contributed by atoms with Crippen LogP contribution in [-0.2, 0) is 14.3 Å². The predicted octanol–water partition coefficient (Wildman–Crippen LogP) is 1.37. The average Bonchev–Trinajstić information content (AvgIpc) is 3.11. The van der Waals surface area contributed by atoms with E-state index in [0.717, 1.165) is 10.6 Å². The maximum absolute atomic E-state index is 12.7. The van der Waals surface area contributed by atoms with Crippen molar-refractivity contribution in [1.82, 2.24) is 5.32 Å². The van der Waals surface area contributed by atoms with E-state index in [4.69, 9.17) is 4.74 Å². The first-order valence-electron chi connectivity index (χ1n) is 8.16. The van der Waals surface area contributed by atoms with Gasteiger partial charge in [0.25, 0.3) is 0 Å². The van der Waals surface area contributed by atoms with Crippen molar-refractivity contribution in [2.45, 2.75) is 38.0 Å². The number of thioether (sulfide) groups is 1. The van der Waals surface area contributed by atoms with Gasteiger partial charge in [0.05, 0.1) is 18.3 Å². The van der Waals surface area contributed by atoms with Gasteiger partial charge in [0, 0.05) is 23.2 Å². The molecule has 0 aromatic heterocycles. The zero-order valence-electron chi connectivity index (χ0n) is 14.5. The number of carbonyl (C=O) groups excluding carboxylic acids is 2. The molecule has 0 radical (unpaired) electrons. The second-order valence-corrected chi connectivity index (χ2v) is 7.96. The lowest BCUT2D eigenvalue weighted by atomic mass is 9.54. The number of aliphatic imine (C=N–C) groups is 1. The van der Waals surface area contributed by atoms with Gasteiger partial charge in [0.1, 0.15) is 11.6 Å². The molecule has 1 saturated carbocycles. The summed E-state index contributed by atoms with van der Waals surface area (Å²) in [6, 6.07) is 9.13. The molecule has 25 heavy (non-hydrogen) atoms. The SMILES string of the molecule is COC(=O)C1(NC(=O)[C@@H]2CSC(c3ccccc3)=N2)CC(O)C1(C)C. The van der Waals surface area contributed by atoms with Crippen molar-refractivity contribution in [1.29, 1.82) is 0 Å². The van der Waals surface area contributed by atoms with Gasteiger partial charge in [0.15, 0.2) is 0 Å². The van der Waals surface area contributed by atoms with Crippen LogP contribution in [0.3, 0.4) is 0 Å². The third kappa shape index (κ3) is 2.85. The van der Waals surface area contributed by atoms with Gasteiger partial charge in [-0.05, 0) is 0 Å². The van der Waals surface area contributed by atoms with Crippen LogP contribution in [0.5, 0.6) is 0 Å². The number of benzene rings is 1. The summed E-state index contributed by atoms with van der Waals surface area (Å²) in [6.45, 7) is 3.50. The molecular formula is C18H22N2O4S. The Bertz CT molecular complexity index is 719. The quantitative estimate of drug-likeness (QED) is 0.790. The minimum Gasteiger partial charge on any atom is -0.467 e. The van der Waals surface area contributed by atoms with Gasteiger partial charge in [-0.3, -0.25) is 9.79 Å². The molecule has 2 aliphatic rings. The summed E-state index contributed by atoms with van der Waals surface area (Å²) in [5, 5.41) is 13.7. The van der Waals surface area contributed by atoms with E-state index < -0.39 is 29.1 Å². The van der Waals surface area contributed by atoms with Crippen molar-refractivity contribution in [3.63, 3.8) is 0 Å². The Morgan fingerprint density at radius 1 is 1.32 bits per heavy atom. The van der Waals surface area contributed by atoms with E-state index in [1.165, 1.54) is 18.9 Å². The first-order valence-corrected chi connectivity index (χ1v) is 9.15. The summed E-state index contributed by atoms with van der Waals surface area (Å²) in [5.74, 6) is -0.325. The van der Waals surface area contributed by atoms with Crippen molar-refractivity contribution in [2.24, 2.45) is 10.4 Å². The number of amides is 1. The number of hydrogen-bond donors (Lipinski definition) is 2. The Hall–Kier alpha value is -1.86. The van der Waals surface area contributed by atoms with Crippen LogP contribution in [0.15, 0.2) is 35.3 Å². The summed E-state index contributed by atoms with van der Waals surface area (Å²) in [7, 11) is 1.29. The number of aliphatic hydroxyl groups excluding tert-OH is 1. The minimum atomic E-state index is -1.21. The van der Waals surface area contributed by atoms with Gasteiger partial charge < -0.3 is 15.2 Å². The zero-order valence-corrected chi connectivity index (χ0v) is 15.3. The van der Waals surface area contributed by atoms with Crippen LogP contribution in [0.4, 0.5) is 0 Å². The number of esters is 1. The largest absolute Gasteiger partial charge is 0.467 e. The third-order valence-electron chi connectivity index (χ3n) is 5.28. The molecule has 0 spiro atoms. The minimum absolute atomic E-state index is 0.146. The van der Waals surface area contributed by atoms with E-state index in [9.17, 15) is 14.7 Å². The normalized spacial score (nSPS) is 30.2. The highest BCUT2D eigenvalue weighted by Gasteiger charge is 2.66. The van der Waals surface area contributed by atoms with Crippen molar-refractivity contribution < 1.29 is 19.4 Å². The number of nitrogens with one attached hydrogen (secondary N) is 1. The molecule has 134 valence electrons. The lowest BCUT2D eigenvalue weighted by Crippen LogP contribution is -2.76. The van der Waals surface area contributed by atoms with Gasteiger partial charge in [-0.1, -0.05) is 44.2 Å². The van der Waals surface area contributed by atoms with E-state index in [1.54, 1.807) is 13.8 Å². The Morgan fingerprint density at radius 2 is 2.00 bits per heavy atom. The van der Waals surface area contributed by atoms with Crippen molar-refractivity contribution in [3.05, 3.63) is 35.9 Å². The van der Waals surface area contributed by atoms with E-state index >= 15 is 0 Å². The summed E-state index contributed by atoms with van der Waals surface area (Å²) in [4.78, 5) is 29.6. The maximum atomic E-state index is 12.7. The summed E-state index contributed by atoms with van der Waals surface area (Å²) in [5.41, 5.74) is -1.04. The lowest BCUT2D eigenvalue weighted by molar-refractivity contribution is -0.187. The summed E-state index contributed by atoms with van der Waals surface area (Å²) in [6.07, 6.45) is -0.527. The smallest absolute Gasteiger partial charge is 0.332 e. The zero-order chi connectivity index (χ0) is 18.2. The summed E-state index contributed by atoms with van der Waals surface area (Å²) >= 11 is 1.52. The molecule has 2 unspecified atom stereocenters. The Labute approximate surface area is 151 Å². The van der Waals surface area contributed by atoms with Crippen LogP contribution in [0.1, 0.15) is 25.8 Å². The third-order valence-corrected chi connectivity index (χ3v) is 6.37. The molecule has 6 nitrogen and oxygen atoms in total. The highest BCUT2D eigenvalue weighted by molar-refractivity contribution is 8.14. The molecule has 1 aromatic rings. The first kappa shape index (κ1) is 17.9. The molecule has 2 N–H and O–H groups in total. The molecule has 3 rings (SSSR count). The monoisotopic (exact) mass is 362 g/mol. The standard InChI is InChI=1S/C18H22N2O4S/c1-17(2)13(21)9-18(17,16(23)24-3)20-14(22)12-10-25-15(19-12)11-7-5-4-6-8-11/h4-8,12-13,21H,9-10H2,1-3H3,(H,20,22)/t12-,13?,18?/m0/s1. The molecular weight excluding hydrogens is 340 g/mol. The molecule has 1 aromatic carbocycles. The number of nitrogens with zero attached hydrogens (tertiary/aromatic N) is 1. The van der Waals surface area contributed by atoms with E-state index in [1.807, 2.05) is 30.3 Å². The van der Waals surface area contributed by atoms with Crippen molar-refractivity contribution in [3.8, 4) is 0 Å². The van der Waals surface area contributed by atoms with Crippen LogP contribution < -0.4 is 5.32 Å².